The summed E-state index contributed by atoms with van der Waals surface area (Å²) in [6, 6.07) is 13.0. The molecule has 0 radical (unpaired) electrons. The number of aliphatic hydroxyl groups is 1. The van der Waals surface area contributed by atoms with Crippen LogP contribution in [0.2, 0.25) is 0 Å². The number of aliphatic hydroxyl groups excluding tert-OH is 1. The van der Waals surface area contributed by atoms with Gasteiger partial charge in [-0.2, -0.15) is 0 Å². The number of sulfone groups is 1. The van der Waals surface area contributed by atoms with Crippen LogP contribution < -0.4 is 9.47 Å². The van der Waals surface area contributed by atoms with Gasteiger partial charge >= 0.3 is 0 Å². The first-order chi connectivity index (χ1) is 13.8. The molecule has 1 aliphatic heterocycles. The van der Waals surface area contributed by atoms with Crippen LogP contribution in [-0.4, -0.2) is 62.3 Å². The van der Waals surface area contributed by atoms with Gasteiger partial charge in [-0.1, -0.05) is 12.1 Å². The van der Waals surface area contributed by atoms with Crippen molar-refractivity contribution in [2.45, 2.75) is 25.1 Å². The summed E-state index contributed by atoms with van der Waals surface area (Å²) in [5, 5.41) is 10.5. The van der Waals surface area contributed by atoms with Crippen molar-refractivity contribution in [2.24, 2.45) is 0 Å². The third-order valence-corrected chi connectivity index (χ3v) is 6.70. The third-order valence-electron chi connectivity index (χ3n) is 4.95. The van der Waals surface area contributed by atoms with Gasteiger partial charge in [-0.25, -0.2) is 12.8 Å². The summed E-state index contributed by atoms with van der Waals surface area (Å²) < 4.78 is 48.1. The van der Waals surface area contributed by atoms with E-state index in [4.69, 9.17) is 9.47 Å². The van der Waals surface area contributed by atoms with Crippen LogP contribution in [0.1, 0.15) is 12.0 Å². The Labute approximate surface area is 170 Å². The zero-order valence-corrected chi connectivity index (χ0v) is 17.1. The van der Waals surface area contributed by atoms with Crippen molar-refractivity contribution in [1.82, 2.24) is 4.90 Å². The Morgan fingerprint density at radius 1 is 1.21 bits per heavy atom. The van der Waals surface area contributed by atoms with E-state index in [0.29, 0.717) is 24.5 Å². The molecule has 0 amide bonds. The standard InChI is InChI=1S/C21H26FNO5S/c1-27-20-5-7-21(8-6-20)28-14-19(24)13-23(18-9-10-29(25,26)15-18)12-16-3-2-4-17(22)11-16/h2-8,11,18-19,24H,9-10,12-15H2,1H3. The molecule has 0 saturated carbocycles. The number of halogens is 1. The molecule has 6 nitrogen and oxygen atoms in total. The predicted octanol–water partition coefficient (Wildman–Crippen LogP) is 2.26. The number of hydrogen-bond donors (Lipinski definition) is 1. The molecule has 1 heterocycles. The minimum atomic E-state index is -3.08. The van der Waals surface area contributed by atoms with Gasteiger partial charge < -0.3 is 14.6 Å². The zero-order chi connectivity index (χ0) is 20.9. The Balaban J connectivity index is 1.63. The predicted molar refractivity (Wildman–Crippen MR) is 108 cm³/mol. The fourth-order valence-electron chi connectivity index (χ4n) is 3.46. The van der Waals surface area contributed by atoms with E-state index < -0.39 is 15.9 Å². The molecule has 0 aliphatic carbocycles. The number of ether oxygens (including phenoxy) is 2. The second kappa shape index (κ2) is 9.56. The smallest absolute Gasteiger partial charge is 0.151 e. The number of rotatable bonds is 9. The lowest BCUT2D eigenvalue weighted by molar-refractivity contribution is 0.0524. The normalized spacial score (nSPS) is 19.2. The molecule has 158 valence electrons. The maximum Gasteiger partial charge on any atom is 0.151 e. The first-order valence-corrected chi connectivity index (χ1v) is 11.3. The van der Waals surface area contributed by atoms with Crippen LogP contribution in [0.15, 0.2) is 48.5 Å². The van der Waals surface area contributed by atoms with Gasteiger partial charge in [-0.05, 0) is 48.4 Å². The third kappa shape index (κ3) is 6.42. The van der Waals surface area contributed by atoms with E-state index in [-0.39, 0.29) is 36.5 Å². The Bertz CT molecular complexity index is 904. The van der Waals surface area contributed by atoms with Crippen LogP contribution >= 0.6 is 0 Å². The second-order valence-electron chi connectivity index (χ2n) is 7.26. The van der Waals surface area contributed by atoms with Crippen LogP contribution in [0.4, 0.5) is 4.39 Å². The molecule has 1 saturated heterocycles. The highest BCUT2D eigenvalue weighted by Gasteiger charge is 2.33. The maximum atomic E-state index is 13.6. The first-order valence-electron chi connectivity index (χ1n) is 9.48. The van der Waals surface area contributed by atoms with Crippen LogP contribution in [0.3, 0.4) is 0 Å². The van der Waals surface area contributed by atoms with Crippen molar-refractivity contribution in [3.8, 4) is 11.5 Å². The van der Waals surface area contributed by atoms with E-state index in [9.17, 15) is 17.9 Å². The summed E-state index contributed by atoms with van der Waals surface area (Å²) in [5.74, 6) is 1.15. The highest BCUT2D eigenvalue weighted by Crippen LogP contribution is 2.21. The van der Waals surface area contributed by atoms with Crippen molar-refractivity contribution >= 4 is 9.84 Å². The molecule has 2 atom stereocenters. The Hall–Kier alpha value is -2.16. The summed E-state index contributed by atoms with van der Waals surface area (Å²) in [6.07, 6.45) is -0.321. The number of nitrogens with zero attached hydrogens (tertiary/aromatic N) is 1. The van der Waals surface area contributed by atoms with Crippen molar-refractivity contribution in [2.75, 3.05) is 31.8 Å². The van der Waals surface area contributed by atoms with Gasteiger partial charge in [-0.15, -0.1) is 0 Å². The first kappa shape index (κ1) is 21.5. The van der Waals surface area contributed by atoms with E-state index >= 15 is 0 Å². The van der Waals surface area contributed by atoms with E-state index in [1.807, 2.05) is 4.90 Å². The van der Waals surface area contributed by atoms with Crippen molar-refractivity contribution < 1.29 is 27.4 Å². The van der Waals surface area contributed by atoms with Crippen molar-refractivity contribution in [3.63, 3.8) is 0 Å². The molecular formula is C21H26FNO5S. The molecule has 3 rings (SSSR count). The van der Waals surface area contributed by atoms with Gasteiger partial charge in [0, 0.05) is 19.1 Å². The topological polar surface area (TPSA) is 76.1 Å². The summed E-state index contributed by atoms with van der Waals surface area (Å²) in [7, 11) is -1.50. The second-order valence-corrected chi connectivity index (χ2v) is 9.49. The van der Waals surface area contributed by atoms with Crippen LogP contribution in [0.25, 0.3) is 0 Å². The highest BCUT2D eigenvalue weighted by atomic mass is 32.2. The molecule has 29 heavy (non-hydrogen) atoms. The van der Waals surface area contributed by atoms with E-state index in [0.717, 1.165) is 5.56 Å². The minimum absolute atomic E-state index is 0.0500. The molecule has 0 aromatic heterocycles. The lowest BCUT2D eigenvalue weighted by atomic mass is 10.1. The van der Waals surface area contributed by atoms with Gasteiger partial charge in [0.25, 0.3) is 0 Å². The van der Waals surface area contributed by atoms with Gasteiger partial charge in [0.15, 0.2) is 9.84 Å². The lowest BCUT2D eigenvalue weighted by Crippen LogP contribution is -2.42. The number of hydrogen-bond acceptors (Lipinski definition) is 6. The lowest BCUT2D eigenvalue weighted by Gasteiger charge is -2.30. The number of benzene rings is 2. The fraction of sp³-hybridized carbons (Fsp3) is 0.429. The largest absolute Gasteiger partial charge is 0.497 e. The van der Waals surface area contributed by atoms with Crippen LogP contribution in [0.5, 0.6) is 11.5 Å². The molecular weight excluding hydrogens is 397 g/mol. The van der Waals surface area contributed by atoms with Gasteiger partial charge in [0.1, 0.15) is 30.0 Å². The zero-order valence-electron chi connectivity index (χ0n) is 16.3. The monoisotopic (exact) mass is 423 g/mol. The molecule has 1 N–H and O–H groups in total. The van der Waals surface area contributed by atoms with Crippen LogP contribution in [0, 0.1) is 5.82 Å². The van der Waals surface area contributed by atoms with E-state index in [2.05, 4.69) is 0 Å². The molecule has 8 heteroatoms. The van der Waals surface area contributed by atoms with Crippen molar-refractivity contribution in [1.29, 1.82) is 0 Å². The average molecular weight is 424 g/mol. The van der Waals surface area contributed by atoms with Gasteiger partial charge in [0.2, 0.25) is 0 Å². The summed E-state index contributed by atoms with van der Waals surface area (Å²) in [6.45, 7) is 0.649. The highest BCUT2D eigenvalue weighted by molar-refractivity contribution is 7.91. The van der Waals surface area contributed by atoms with Crippen molar-refractivity contribution in [3.05, 3.63) is 59.9 Å². The molecule has 1 fully saturated rings. The quantitative estimate of drug-likeness (QED) is 0.667. The number of methoxy groups -OCH3 is 1. The van der Waals surface area contributed by atoms with Crippen LogP contribution in [-0.2, 0) is 16.4 Å². The molecule has 2 unspecified atom stereocenters. The molecule has 1 aliphatic rings. The summed E-state index contributed by atoms with van der Waals surface area (Å²) in [5.41, 5.74) is 0.734. The fourth-order valence-corrected chi connectivity index (χ4v) is 5.23. The Kier molecular flexibility index (Phi) is 7.10. The Morgan fingerprint density at radius 2 is 1.93 bits per heavy atom. The maximum absolute atomic E-state index is 13.6. The van der Waals surface area contributed by atoms with E-state index in [1.54, 1.807) is 43.5 Å². The molecule has 0 bridgehead atoms. The summed E-state index contributed by atoms with van der Waals surface area (Å²) in [4.78, 5) is 1.90. The SMILES string of the molecule is COc1ccc(OCC(O)CN(Cc2cccc(F)c2)C2CCS(=O)(=O)C2)cc1. The molecule has 0 spiro atoms. The summed E-state index contributed by atoms with van der Waals surface area (Å²) >= 11 is 0. The minimum Gasteiger partial charge on any atom is -0.497 e. The Morgan fingerprint density at radius 3 is 2.55 bits per heavy atom. The van der Waals surface area contributed by atoms with E-state index in [1.165, 1.54) is 12.1 Å². The van der Waals surface area contributed by atoms with Gasteiger partial charge in [-0.3, -0.25) is 4.90 Å². The average Bonchev–Trinajstić information content (AvgIpc) is 3.06. The van der Waals surface area contributed by atoms with Gasteiger partial charge in [0.05, 0.1) is 18.6 Å². The molecule has 2 aromatic carbocycles. The molecule has 2 aromatic rings.